The van der Waals surface area contributed by atoms with Crippen molar-refractivity contribution in [2.24, 2.45) is 0 Å². The summed E-state index contributed by atoms with van der Waals surface area (Å²) in [6.07, 6.45) is 19.1. The van der Waals surface area contributed by atoms with E-state index in [-0.39, 0.29) is 0 Å². The molecule has 0 aromatic carbocycles. The highest BCUT2D eigenvalue weighted by atomic mass is 14.9. The minimum atomic E-state index is 0.984. The number of allylic oxidation sites excluding steroid dienone is 2. The van der Waals surface area contributed by atoms with E-state index in [4.69, 9.17) is 0 Å². The van der Waals surface area contributed by atoms with Gasteiger partial charge in [-0.25, -0.2) is 0 Å². The molecular formula is C16H32N2. The predicted octanol–water partition coefficient (Wildman–Crippen LogP) is 4.35. The standard InChI is InChI=1S/C16H32N2/c1-3-5-7-8-9-10-11-12-14-18-16-15-17-13-6-4-2/h6,12-14,17-18H,3-5,7-11,15-16H2,1-2H3. The Labute approximate surface area is 114 Å². The zero-order chi connectivity index (χ0) is 13.3. The van der Waals surface area contributed by atoms with Gasteiger partial charge in [-0.15, -0.1) is 0 Å². The van der Waals surface area contributed by atoms with E-state index in [1.165, 1.54) is 44.9 Å². The maximum absolute atomic E-state index is 3.30. The summed E-state index contributed by atoms with van der Waals surface area (Å²) in [6, 6.07) is 0. The second-order valence-corrected chi connectivity index (χ2v) is 4.68. The molecule has 0 aromatic rings. The maximum atomic E-state index is 3.30. The van der Waals surface area contributed by atoms with E-state index in [0.717, 1.165) is 19.5 Å². The van der Waals surface area contributed by atoms with Crippen LogP contribution in [0.1, 0.15) is 65.2 Å². The highest BCUT2D eigenvalue weighted by Gasteiger charge is 1.87. The number of unbranched alkanes of at least 4 members (excludes halogenated alkanes) is 6. The quantitative estimate of drug-likeness (QED) is 0.476. The first-order chi connectivity index (χ1) is 8.91. The van der Waals surface area contributed by atoms with Gasteiger partial charge in [0, 0.05) is 13.1 Å². The van der Waals surface area contributed by atoms with Crippen LogP contribution < -0.4 is 10.6 Å². The van der Waals surface area contributed by atoms with Crippen molar-refractivity contribution < 1.29 is 0 Å². The summed E-state index contributed by atoms with van der Waals surface area (Å²) in [5.41, 5.74) is 0. The van der Waals surface area contributed by atoms with E-state index in [1.807, 2.05) is 6.20 Å². The van der Waals surface area contributed by atoms with Gasteiger partial charge in [-0.1, -0.05) is 58.1 Å². The van der Waals surface area contributed by atoms with Crippen LogP contribution in [0.15, 0.2) is 24.6 Å². The topological polar surface area (TPSA) is 24.1 Å². The Kier molecular flexibility index (Phi) is 15.3. The third-order valence-electron chi connectivity index (χ3n) is 2.85. The van der Waals surface area contributed by atoms with Crippen LogP contribution in [0, 0.1) is 0 Å². The van der Waals surface area contributed by atoms with Crippen LogP contribution in [0.5, 0.6) is 0 Å². The first kappa shape index (κ1) is 17.1. The van der Waals surface area contributed by atoms with Crippen LogP contribution in [0.25, 0.3) is 0 Å². The Morgan fingerprint density at radius 2 is 1.33 bits per heavy atom. The summed E-state index contributed by atoms with van der Waals surface area (Å²) in [5, 5.41) is 6.54. The molecule has 0 bridgehead atoms. The molecule has 0 aliphatic rings. The van der Waals surface area contributed by atoms with E-state index in [0.29, 0.717) is 0 Å². The fourth-order valence-corrected chi connectivity index (χ4v) is 1.72. The molecule has 0 unspecified atom stereocenters. The van der Waals surface area contributed by atoms with Gasteiger partial charge in [0.25, 0.3) is 0 Å². The molecule has 0 saturated carbocycles. The average Bonchev–Trinajstić information content (AvgIpc) is 2.39. The molecule has 106 valence electrons. The second kappa shape index (κ2) is 16.1. The molecule has 0 amide bonds. The lowest BCUT2D eigenvalue weighted by molar-refractivity contribution is 0.610. The molecule has 0 atom stereocenters. The highest BCUT2D eigenvalue weighted by molar-refractivity contribution is 4.81. The van der Waals surface area contributed by atoms with Gasteiger partial charge >= 0.3 is 0 Å². The molecule has 2 N–H and O–H groups in total. The van der Waals surface area contributed by atoms with Crippen LogP contribution in [0.2, 0.25) is 0 Å². The maximum Gasteiger partial charge on any atom is 0.0314 e. The molecule has 2 heteroatoms. The molecule has 0 aliphatic heterocycles. The summed E-state index contributed by atoms with van der Waals surface area (Å²) in [7, 11) is 0. The Morgan fingerprint density at radius 3 is 2.00 bits per heavy atom. The van der Waals surface area contributed by atoms with E-state index < -0.39 is 0 Å². The van der Waals surface area contributed by atoms with Crippen LogP contribution in [0.3, 0.4) is 0 Å². The average molecular weight is 252 g/mol. The molecular weight excluding hydrogens is 220 g/mol. The molecule has 0 rings (SSSR count). The van der Waals surface area contributed by atoms with Gasteiger partial charge in [0.15, 0.2) is 0 Å². The van der Waals surface area contributed by atoms with Crippen LogP contribution >= 0.6 is 0 Å². The van der Waals surface area contributed by atoms with E-state index in [9.17, 15) is 0 Å². The summed E-state index contributed by atoms with van der Waals surface area (Å²) >= 11 is 0. The van der Waals surface area contributed by atoms with Crippen molar-refractivity contribution in [2.75, 3.05) is 13.1 Å². The fraction of sp³-hybridized carbons (Fsp3) is 0.750. The molecule has 0 fully saturated rings. The number of hydrogen-bond donors (Lipinski definition) is 2. The van der Waals surface area contributed by atoms with E-state index >= 15 is 0 Å². The van der Waals surface area contributed by atoms with Gasteiger partial charge in [-0.05, 0) is 31.7 Å². The lowest BCUT2D eigenvalue weighted by atomic mass is 10.1. The Hall–Kier alpha value is -0.920. The van der Waals surface area contributed by atoms with E-state index in [2.05, 4.69) is 42.8 Å². The van der Waals surface area contributed by atoms with Gasteiger partial charge in [-0.2, -0.15) is 0 Å². The van der Waals surface area contributed by atoms with Gasteiger partial charge in [-0.3, -0.25) is 0 Å². The molecule has 0 radical (unpaired) electrons. The first-order valence-electron chi connectivity index (χ1n) is 7.68. The van der Waals surface area contributed by atoms with Crippen molar-refractivity contribution in [2.45, 2.75) is 65.2 Å². The molecule has 0 saturated heterocycles. The summed E-state index contributed by atoms with van der Waals surface area (Å²) < 4.78 is 0. The second-order valence-electron chi connectivity index (χ2n) is 4.68. The summed E-state index contributed by atoms with van der Waals surface area (Å²) in [6.45, 7) is 6.38. The van der Waals surface area contributed by atoms with Gasteiger partial charge in [0.1, 0.15) is 0 Å². The van der Waals surface area contributed by atoms with Crippen LogP contribution in [-0.4, -0.2) is 13.1 Å². The summed E-state index contributed by atoms with van der Waals surface area (Å²) in [5.74, 6) is 0. The first-order valence-corrected chi connectivity index (χ1v) is 7.68. The van der Waals surface area contributed by atoms with Crippen LogP contribution in [-0.2, 0) is 0 Å². The van der Waals surface area contributed by atoms with Crippen molar-refractivity contribution in [1.29, 1.82) is 0 Å². The lowest BCUT2D eigenvalue weighted by Gasteiger charge is -2.01. The molecule has 2 nitrogen and oxygen atoms in total. The monoisotopic (exact) mass is 252 g/mol. The molecule has 0 aliphatic carbocycles. The third-order valence-corrected chi connectivity index (χ3v) is 2.85. The largest absolute Gasteiger partial charge is 0.389 e. The summed E-state index contributed by atoms with van der Waals surface area (Å²) in [4.78, 5) is 0. The molecule has 0 spiro atoms. The smallest absolute Gasteiger partial charge is 0.0314 e. The van der Waals surface area contributed by atoms with Crippen molar-refractivity contribution in [3.63, 3.8) is 0 Å². The van der Waals surface area contributed by atoms with Gasteiger partial charge < -0.3 is 10.6 Å². The minimum absolute atomic E-state index is 0.984. The van der Waals surface area contributed by atoms with Crippen molar-refractivity contribution >= 4 is 0 Å². The molecule has 18 heavy (non-hydrogen) atoms. The van der Waals surface area contributed by atoms with Gasteiger partial charge in [0.2, 0.25) is 0 Å². The predicted molar refractivity (Wildman–Crippen MR) is 82.6 cm³/mol. The SMILES string of the molecule is CCC=CNCCNC=CCCCCCCCC. The van der Waals surface area contributed by atoms with Crippen molar-refractivity contribution in [3.05, 3.63) is 24.6 Å². The van der Waals surface area contributed by atoms with E-state index in [1.54, 1.807) is 0 Å². The minimum Gasteiger partial charge on any atom is -0.389 e. The zero-order valence-electron chi connectivity index (χ0n) is 12.4. The van der Waals surface area contributed by atoms with Crippen molar-refractivity contribution in [1.82, 2.24) is 10.6 Å². The van der Waals surface area contributed by atoms with Crippen molar-refractivity contribution in [3.8, 4) is 0 Å². The Balaban J connectivity index is 3.07. The Bertz CT molecular complexity index is 197. The Morgan fingerprint density at radius 1 is 0.722 bits per heavy atom. The fourth-order valence-electron chi connectivity index (χ4n) is 1.72. The normalized spacial score (nSPS) is 11.4. The third kappa shape index (κ3) is 15.1. The number of nitrogens with one attached hydrogen (secondary N) is 2. The van der Waals surface area contributed by atoms with Gasteiger partial charge in [0.05, 0.1) is 0 Å². The highest BCUT2D eigenvalue weighted by Crippen LogP contribution is 2.06. The number of rotatable bonds is 13. The number of hydrogen-bond acceptors (Lipinski definition) is 2. The lowest BCUT2D eigenvalue weighted by Crippen LogP contribution is -2.20. The van der Waals surface area contributed by atoms with Crippen LogP contribution in [0.4, 0.5) is 0 Å². The molecule has 0 heterocycles. The molecule has 0 aromatic heterocycles. The zero-order valence-corrected chi connectivity index (χ0v) is 12.4.